The van der Waals surface area contributed by atoms with Crippen LogP contribution >= 0.6 is 11.6 Å². The second-order valence-corrected chi connectivity index (χ2v) is 9.94. The fourth-order valence-corrected chi connectivity index (χ4v) is 6.81. The van der Waals surface area contributed by atoms with Gasteiger partial charge < -0.3 is 9.64 Å². The molecule has 1 aromatic heterocycles. The van der Waals surface area contributed by atoms with Crippen LogP contribution < -0.4 is 4.74 Å². The first-order chi connectivity index (χ1) is 13.1. The van der Waals surface area contributed by atoms with E-state index in [0.717, 1.165) is 43.6 Å². The Balaban J connectivity index is 1.21. The van der Waals surface area contributed by atoms with Crippen LogP contribution in [0.4, 0.5) is 0 Å². The summed E-state index contributed by atoms with van der Waals surface area (Å²) in [4.78, 5) is 23.4. The Morgan fingerprint density at radius 2 is 1.78 bits per heavy atom. The molecule has 27 heavy (non-hydrogen) atoms. The first kappa shape index (κ1) is 17.7. The summed E-state index contributed by atoms with van der Waals surface area (Å²) in [5.41, 5.74) is 0.304. The maximum atomic E-state index is 13.1. The highest BCUT2D eigenvalue weighted by Gasteiger charge is 2.51. The number of nitrogens with zero attached hydrogens (tertiary/aromatic N) is 3. The molecule has 146 valence electrons. The lowest BCUT2D eigenvalue weighted by molar-refractivity contribution is -0.142. The number of rotatable bonds is 4. The minimum atomic E-state index is -0.0276. The standard InChI is InChI=1S/C21H28ClN3O2/c22-17-11-23-20(24-12-17)27-18-2-1-3-25(13-18)19(26)10-21-7-14-4-15(8-21)6-16(5-14)9-21/h11-12,14-16,18H,1-10,13H2. The van der Waals surface area contributed by atoms with Gasteiger partial charge in [-0.1, -0.05) is 11.6 Å². The molecular formula is C21H28ClN3O2. The first-order valence-corrected chi connectivity index (χ1v) is 10.9. The minimum absolute atomic E-state index is 0.0276. The average molecular weight is 390 g/mol. The van der Waals surface area contributed by atoms with Gasteiger partial charge in [-0.05, 0) is 74.5 Å². The zero-order valence-corrected chi connectivity index (χ0v) is 16.5. The van der Waals surface area contributed by atoms with E-state index in [4.69, 9.17) is 16.3 Å². The van der Waals surface area contributed by atoms with Gasteiger partial charge in [0.15, 0.2) is 0 Å². The average Bonchev–Trinajstić information content (AvgIpc) is 2.62. The zero-order chi connectivity index (χ0) is 18.4. The highest BCUT2D eigenvalue weighted by atomic mass is 35.5. The molecule has 1 saturated heterocycles. The number of carbonyl (C=O) groups is 1. The van der Waals surface area contributed by atoms with Gasteiger partial charge in [0.2, 0.25) is 5.91 Å². The number of ether oxygens (including phenoxy) is 1. The van der Waals surface area contributed by atoms with E-state index in [1.165, 1.54) is 38.5 Å². The van der Waals surface area contributed by atoms with Gasteiger partial charge in [-0.3, -0.25) is 4.79 Å². The molecule has 1 atom stereocenters. The van der Waals surface area contributed by atoms with Crippen molar-refractivity contribution in [1.29, 1.82) is 0 Å². The Bertz CT molecular complexity index is 673. The molecule has 0 radical (unpaired) electrons. The Morgan fingerprint density at radius 1 is 1.15 bits per heavy atom. The van der Waals surface area contributed by atoms with Crippen molar-refractivity contribution >= 4 is 17.5 Å². The molecule has 5 aliphatic rings. The van der Waals surface area contributed by atoms with Crippen LogP contribution in [0.1, 0.15) is 57.8 Å². The van der Waals surface area contributed by atoms with Crippen LogP contribution in [-0.2, 0) is 4.79 Å². The highest BCUT2D eigenvalue weighted by molar-refractivity contribution is 6.30. The third kappa shape index (κ3) is 3.67. The van der Waals surface area contributed by atoms with Crippen LogP contribution in [0.15, 0.2) is 12.4 Å². The van der Waals surface area contributed by atoms with E-state index in [9.17, 15) is 4.79 Å². The number of hydrogen-bond acceptors (Lipinski definition) is 4. The molecule has 1 amide bonds. The summed E-state index contributed by atoms with van der Waals surface area (Å²) < 4.78 is 5.91. The summed E-state index contributed by atoms with van der Waals surface area (Å²) in [5.74, 6) is 3.01. The van der Waals surface area contributed by atoms with Crippen molar-refractivity contribution in [1.82, 2.24) is 14.9 Å². The number of amides is 1. The summed E-state index contributed by atoms with van der Waals surface area (Å²) in [6.07, 6.45) is 13.9. The van der Waals surface area contributed by atoms with Crippen LogP contribution in [0.3, 0.4) is 0 Å². The maximum Gasteiger partial charge on any atom is 0.316 e. The van der Waals surface area contributed by atoms with Crippen LogP contribution in [0.5, 0.6) is 6.01 Å². The van der Waals surface area contributed by atoms with Crippen molar-refractivity contribution in [3.05, 3.63) is 17.4 Å². The molecule has 4 bridgehead atoms. The molecule has 5 fully saturated rings. The summed E-state index contributed by atoms with van der Waals surface area (Å²) >= 11 is 5.83. The van der Waals surface area contributed by atoms with Crippen LogP contribution in [0.25, 0.3) is 0 Å². The molecule has 1 aliphatic heterocycles. The largest absolute Gasteiger partial charge is 0.458 e. The Labute approximate surface area is 165 Å². The van der Waals surface area contributed by atoms with Gasteiger partial charge in [-0.25, -0.2) is 9.97 Å². The SMILES string of the molecule is O=C(CC12CC3CC(CC(C3)C1)C2)N1CCCC(Oc2ncc(Cl)cn2)C1. The Hall–Kier alpha value is -1.36. The summed E-state index contributed by atoms with van der Waals surface area (Å²) in [6.45, 7) is 1.50. The van der Waals surface area contributed by atoms with Gasteiger partial charge in [0.25, 0.3) is 0 Å². The number of likely N-dealkylation sites (tertiary alicyclic amines) is 1. The van der Waals surface area contributed by atoms with Gasteiger partial charge in [0.05, 0.1) is 24.0 Å². The van der Waals surface area contributed by atoms with Crippen LogP contribution in [0, 0.1) is 23.2 Å². The van der Waals surface area contributed by atoms with Crippen molar-refractivity contribution in [2.24, 2.45) is 23.2 Å². The highest BCUT2D eigenvalue weighted by Crippen LogP contribution is 2.61. The molecule has 0 spiro atoms. The lowest BCUT2D eigenvalue weighted by atomic mass is 9.49. The molecule has 5 nitrogen and oxygen atoms in total. The van der Waals surface area contributed by atoms with Crippen molar-refractivity contribution in [3.8, 4) is 6.01 Å². The minimum Gasteiger partial charge on any atom is -0.458 e. The second kappa shape index (κ2) is 6.91. The normalized spacial score (nSPS) is 37.4. The monoisotopic (exact) mass is 389 g/mol. The first-order valence-electron chi connectivity index (χ1n) is 10.5. The van der Waals surface area contributed by atoms with Gasteiger partial charge in [0.1, 0.15) is 6.10 Å². The molecule has 4 saturated carbocycles. The molecule has 2 heterocycles. The van der Waals surface area contributed by atoms with Crippen LogP contribution in [0.2, 0.25) is 5.02 Å². The van der Waals surface area contributed by atoms with Gasteiger partial charge in [-0.2, -0.15) is 0 Å². The fraction of sp³-hybridized carbons (Fsp3) is 0.762. The third-order valence-electron chi connectivity index (χ3n) is 7.29. The number of carbonyl (C=O) groups excluding carboxylic acids is 1. The van der Waals surface area contributed by atoms with E-state index < -0.39 is 0 Å². The van der Waals surface area contributed by atoms with Crippen molar-refractivity contribution in [2.75, 3.05) is 13.1 Å². The number of piperidine rings is 1. The van der Waals surface area contributed by atoms with Gasteiger partial charge in [-0.15, -0.1) is 0 Å². The number of hydrogen-bond donors (Lipinski definition) is 0. The molecule has 6 heteroatoms. The van der Waals surface area contributed by atoms with E-state index >= 15 is 0 Å². The molecule has 4 aliphatic carbocycles. The lowest BCUT2D eigenvalue weighted by Crippen LogP contribution is -2.50. The van der Waals surface area contributed by atoms with E-state index in [2.05, 4.69) is 9.97 Å². The quantitative estimate of drug-likeness (QED) is 0.777. The third-order valence-corrected chi connectivity index (χ3v) is 7.49. The molecule has 6 rings (SSSR count). The fourth-order valence-electron chi connectivity index (χ4n) is 6.71. The van der Waals surface area contributed by atoms with E-state index in [-0.39, 0.29) is 6.10 Å². The number of aromatic nitrogens is 2. The molecule has 0 N–H and O–H groups in total. The van der Waals surface area contributed by atoms with Crippen molar-refractivity contribution in [2.45, 2.75) is 63.9 Å². The predicted octanol–water partition coefficient (Wildman–Crippen LogP) is 4.11. The summed E-state index contributed by atoms with van der Waals surface area (Å²) in [5, 5.41) is 0.498. The van der Waals surface area contributed by atoms with Crippen LogP contribution in [-0.4, -0.2) is 40.0 Å². The zero-order valence-electron chi connectivity index (χ0n) is 15.8. The Morgan fingerprint density at radius 3 is 2.41 bits per heavy atom. The van der Waals surface area contributed by atoms with Crippen molar-refractivity contribution in [3.63, 3.8) is 0 Å². The Kier molecular flexibility index (Phi) is 4.53. The van der Waals surface area contributed by atoms with Gasteiger partial charge in [0, 0.05) is 13.0 Å². The second-order valence-electron chi connectivity index (χ2n) is 9.50. The van der Waals surface area contributed by atoms with E-state index in [0.29, 0.717) is 28.9 Å². The molecule has 1 unspecified atom stereocenters. The lowest BCUT2D eigenvalue weighted by Gasteiger charge is -2.57. The van der Waals surface area contributed by atoms with E-state index in [1.54, 1.807) is 12.4 Å². The van der Waals surface area contributed by atoms with Crippen molar-refractivity contribution < 1.29 is 9.53 Å². The molecule has 0 aromatic carbocycles. The van der Waals surface area contributed by atoms with Gasteiger partial charge >= 0.3 is 6.01 Å². The smallest absolute Gasteiger partial charge is 0.316 e. The van der Waals surface area contributed by atoms with E-state index in [1.807, 2.05) is 4.90 Å². The molecular weight excluding hydrogens is 362 g/mol. The summed E-state index contributed by atoms with van der Waals surface area (Å²) in [6, 6.07) is 0.347. The topological polar surface area (TPSA) is 55.3 Å². The predicted molar refractivity (Wildman–Crippen MR) is 102 cm³/mol. The number of halogens is 1. The summed E-state index contributed by atoms with van der Waals surface area (Å²) in [7, 11) is 0. The molecule has 1 aromatic rings. The maximum absolute atomic E-state index is 13.1.